The van der Waals surface area contributed by atoms with Gasteiger partial charge in [0.15, 0.2) is 5.78 Å². The zero-order valence-electron chi connectivity index (χ0n) is 22.4. The van der Waals surface area contributed by atoms with Crippen molar-refractivity contribution in [3.8, 4) is 11.3 Å². The van der Waals surface area contributed by atoms with E-state index in [4.69, 9.17) is 16.6 Å². The van der Waals surface area contributed by atoms with Gasteiger partial charge in [-0.2, -0.15) is 0 Å². The van der Waals surface area contributed by atoms with E-state index in [1.165, 1.54) is 18.2 Å². The highest BCUT2D eigenvalue weighted by Gasteiger charge is 2.27. The molecule has 3 aromatic carbocycles. The van der Waals surface area contributed by atoms with Crippen molar-refractivity contribution in [2.24, 2.45) is 10.9 Å². The molecular formula is C32H28ClF2N5O. The molecule has 1 aromatic heterocycles. The van der Waals surface area contributed by atoms with Gasteiger partial charge in [-0.25, -0.2) is 18.7 Å². The fraction of sp³-hybridized carbons (Fsp3) is 0.250. The Bertz CT molecular complexity index is 1630. The highest BCUT2D eigenvalue weighted by Crippen LogP contribution is 2.35. The first-order chi connectivity index (χ1) is 19.9. The van der Waals surface area contributed by atoms with Crippen molar-refractivity contribution in [3.63, 3.8) is 0 Å². The maximum atomic E-state index is 14.8. The molecule has 0 spiro atoms. The van der Waals surface area contributed by atoms with Gasteiger partial charge in [0.2, 0.25) is 5.95 Å². The number of halogens is 3. The van der Waals surface area contributed by atoms with Crippen LogP contribution < -0.4 is 10.6 Å². The van der Waals surface area contributed by atoms with Crippen molar-refractivity contribution in [1.82, 2.24) is 15.3 Å². The quantitative estimate of drug-likeness (QED) is 0.241. The average Bonchev–Trinajstić information content (AvgIpc) is 3.14. The number of aromatic nitrogens is 2. The normalized spacial score (nSPS) is 18.1. The third-order valence-corrected chi connectivity index (χ3v) is 8.13. The monoisotopic (exact) mass is 571 g/mol. The number of nitrogens with zero attached hydrogens (tertiary/aromatic N) is 3. The van der Waals surface area contributed by atoms with Crippen molar-refractivity contribution in [1.29, 1.82) is 0 Å². The van der Waals surface area contributed by atoms with E-state index in [0.29, 0.717) is 45.0 Å². The lowest BCUT2D eigenvalue weighted by molar-refractivity contribution is 0.0881. The number of benzene rings is 3. The minimum absolute atomic E-state index is 0.0600. The van der Waals surface area contributed by atoms with Crippen LogP contribution in [0.25, 0.3) is 11.3 Å². The predicted octanol–water partition coefficient (Wildman–Crippen LogP) is 7.13. The maximum Gasteiger partial charge on any atom is 0.227 e. The molecule has 6 rings (SSSR count). The average molecular weight is 572 g/mol. The molecule has 4 aromatic rings. The van der Waals surface area contributed by atoms with Crippen LogP contribution >= 0.6 is 11.6 Å². The number of aliphatic imine (C=N–C) groups is 1. The summed E-state index contributed by atoms with van der Waals surface area (Å²) in [4.78, 5) is 26.8. The van der Waals surface area contributed by atoms with Crippen molar-refractivity contribution >= 4 is 34.7 Å². The van der Waals surface area contributed by atoms with Crippen LogP contribution in [0.1, 0.15) is 52.7 Å². The van der Waals surface area contributed by atoms with E-state index in [-0.39, 0.29) is 29.5 Å². The predicted molar refractivity (Wildman–Crippen MR) is 157 cm³/mol. The van der Waals surface area contributed by atoms with E-state index in [9.17, 15) is 13.6 Å². The Hall–Kier alpha value is -4.01. The third-order valence-electron chi connectivity index (χ3n) is 7.90. The van der Waals surface area contributed by atoms with E-state index < -0.39 is 11.6 Å². The zero-order valence-corrected chi connectivity index (χ0v) is 23.2. The Morgan fingerprint density at radius 1 is 0.951 bits per heavy atom. The molecule has 1 fully saturated rings. The van der Waals surface area contributed by atoms with Crippen molar-refractivity contribution in [3.05, 3.63) is 106 Å². The van der Waals surface area contributed by atoms with Crippen molar-refractivity contribution < 1.29 is 13.6 Å². The molecule has 1 aliphatic heterocycles. The molecule has 2 N–H and O–H groups in total. The molecule has 0 unspecified atom stereocenters. The van der Waals surface area contributed by atoms with Crippen LogP contribution in [0.15, 0.2) is 71.9 Å². The number of carbonyl (C=O) groups excluding carboxylic acids is 1. The molecule has 2 heterocycles. The molecule has 41 heavy (non-hydrogen) atoms. The second-order valence-corrected chi connectivity index (χ2v) is 10.9. The first-order valence-corrected chi connectivity index (χ1v) is 14.0. The van der Waals surface area contributed by atoms with Gasteiger partial charge < -0.3 is 10.6 Å². The van der Waals surface area contributed by atoms with Gasteiger partial charge in [-0.3, -0.25) is 9.79 Å². The summed E-state index contributed by atoms with van der Waals surface area (Å²) in [5.74, 6) is -0.826. The van der Waals surface area contributed by atoms with Gasteiger partial charge in [-0.15, -0.1) is 0 Å². The number of carbonyl (C=O) groups is 1. The van der Waals surface area contributed by atoms with E-state index >= 15 is 0 Å². The Morgan fingerprint density at radius 3 is 2.39 bits per heavy atom. The smallest absolute Gasteiger partial charge is 0.227 e. The van der Waals surface area contributed by atoms with Crippen LogP contribution in [-0.2, 0) is 6.54 Å². The summed E-state index contributed by atoms with van der Waals surface area (Å²) in [6.45, 7) is 0.137. The molecule has 0 saturated heterocycles. The molecule has 0 amide bonds. The molecule has 6 nitrogen and oxygen atoms in total. The minimum Gasteiger partial charge on any atom is -0.324 e. The SMILES string of the molecule is CNC1CCC(C(=O)c2ccc(Nc3ncc4c(n3)-c3ccc(Cl)cc3C(c3c(F)cccc3F)=NC4)cc2)CC1. The van der Waals surface area contributed by atoms with Crippen LogP contribution in [0.4, 0.5) is 20.4 Å². The summed E-state index contributed by atoms with van der Waals surface area (Å²) < 4.78 is 29.6. The summed E-state index contributed by atoms with van der Waals surface area (Å²) in [7, 11) is 1.97. The number of ketones is 1. The van der Waals surface area contributed by atoms with Crippen LogP contribution in [0.3, 0.4) is 0 Å². The summed E-state index contributed by atoms with van der Waals surface area (Å²) >= 11 is 6.31. The molecule has 0 atom stereocenters. The third kappa shape index (κ3) is 5.49. The molecular weight excluding hydrogens is 544 g/mol. The number of hydrogen-bond donors (Lipinski definition) is 2. The van der Waals surface area contributed by atoms with E-state index in [2.05, 4.69) is 20.6 Å². The number of hydrogen-bond acceptors (Lipinski definition) is 6. The topological polar surface area (TPSA) is 79.3 Å². The van der Waals surface area contributed by atoms with Gasteiger partial charge in [-0.05, 0) is 81.3 Å². The van der Waals surface area contributed by atoms with Crippen LogP contribution in [0, 0.1) is 17.6 Å². The van der Waals surface area contributed by atoms with Gasteiger partial charge in [0, 0.05) is 51.1 Å². The van der Waals surface area contributed by atoms with E-state index in [1.807, 2.05) is 31.3 Å². The molecule has 2 aliphatic rings. The number of rotatable bonds is 6. The zero-order chi connectivity index (χ0) is 28.5. The lowest BCUT2D eigenvalue weighted by Gasteiger charge is -2.27. The van der Waals surface area contributed by atoms with Gasteiger partial charge in [0.25, 0.3) is 0 Å². The van der Waals surface area contributed by atoms with Gasteiger partial charge in [-0.1, -0.05) is 23.7 Å². The maximum absolute atomic E-state index is 14.8. The summed E-state index contributed by atoms with van der Waals surface area (Å²) in [6, 6.07) is 16.7. The van der Waals surface area contributed by atoms with Gasteiger partial charge in [0.05, 0.1) is 23.5 Å². The minimum atomic E-state index is -0.707. The standard InChI is InChI=1S/C32H28ClF2N5O/c1-36-22-10-5-18(6-11-22)31(41)19-7-12-23(13-8-19)39-32-38-17-20-16-37-30(28-26(34)3-2-4-27(28)35)25-15-21(33)9-14-24(25)29(20)40-32/h2-4,7-9,12-15,17-18,22,36H,5-6,10-11,16H2,1H3,(H,38,39,40). The van der Waals surface area contributed by atoms with Crippen LogP contribution in [0.2, 0.25) is 5.02 Å². The molecule has 0 bridgehead atoms. The summed E-state index contributed by atoms with van der Waals surface area (Å²) in [6.07, 6.45) is 5.48. The fourth-order valence-electron chi connectivity index (χ4n) is 5.65. The Labute approximate surface area is 241 Å². The molecule has 1 aliphatic carbocycles. The Kier molecular flexibility index (Phi) is 7.60. The van der Waals surface area contributed by atoms with Gasteiger partial charge >= 0.3 is 0 Å². The second-order valence-electron chi connectivity index (χ2n) is 10.4. The van der Waals surface area contributed by atoms with E-state index in [0.717, 1.165) is 31.4 Å². The molecule has 208 valence electrons. The van der Waals surface area contributed by atoms with Crippen molar-refractivity contribution in [2.45, 2.75) is 38.3 Å². The van der Waals surface area contributed by atoms with E-state index in [1.54, 1.807) is 24.4 Å². The van der Waals surface area contributed by atoms with Crippen molar-refractivity contribution in [2.75, 3.05) is 12.4 Å². The highest BCUT2D eigenvalue weighted by molar-refractivity contribution is 6.31. The number of anilines is 2. The number of nitrogens with one attached hydrogen (secondary N) is 2. The number of Topliss-reactive ketones (excluding diaryl/α,β-unsaturated/α-hetero) is 1. The molecule has 9 heteroatoms. The Morgan fingerprint density at radius 2 is 1.68 bits per heavy atom. The summed E-state index contributed by atoms with van der Waals surface area (Å²) in [5, 5.41) is 6.93. The fourth-order valence-corrected chi connectivity index (χ4v) is 5.82. The first-order valence-electron chi connectivity index (χ1n) is 13.6. The second kappa shape index (κ2) is 11.5. The Balaban J connectivity index is 1.27. The molecule has 0 radical (unpaired) electrons. The van der Waals surface area contributed by atoms with Crippen LogP contribution in [-0.4, -0.2) is 34.6 Å². The summed E-state index contributed by atoms with van der Waals surface area (Å²) in [5.41, 5.74) is 3.82. The molecule has 1 saturated carbocycles. The highest BCUT2D eigenvalue weighted by atomic mass is 35.5. The first kappa shape index (κ1) is 27.2. The van der Waals surface area contributed by atoms with Crippen LogP contribution in [0.5, 0.6) is 0 Å². The lowest BCUT2D eigenvalue weighted by Crippen LogP contribution is -2.32. The lowest BCUT2D eigenvalue weighted by atomic mass is 9.81. The largest absolute Gasteiger partial charge is 0.324 e. The number of fused-ring (bicyclic) bond motifs is 3. The van der Waals surface area contributed by atoms with Gasteiger partial charge in [0.1, 0.15) is 11.6 Å².